The zero-order valence-corrected chi connectivity index (χ0v) is 16.3. The largest absolute Gasteiger partial charge is 0.351 e. The van der Waals surface area contributed by atoms with E-state index in [1.807, 2.05) is 31.2 Å². The van der Waals surface area contributed by atoms with E-state index in [0.717, 1.165) is 26.4 Å². The SMILES string of the molecule is Cc1ccc2[nH]c(-c3nc(CCN(C)C(=O)c4ccc(C)s4)no3)cc2c1. The van der Waals surface area contributed by atoms with Crippen molar-refractivity contribution in [2.45, 2.75) is 20.3 Å². The number of nitrogens with one attached hydrogen (secondary N) is 1. The van der Waals surface area contributed by atoms with Crippen molar-refractivity contribution < 1.29 is 9.32 Å². The molecule has 0 unspecified atom stereocenters. The predicted molar refractivity (Wildman–Crippen MR) is 106 cm³/mol. The van der Waals surface area contributed by atoms with Crippen LogP contribution >= 0.6 is 11.3 Å². The fourth-order valence-electron chi connectivity index (χ4n) is 2.94. The number of thiophene rings is 1. The van der Waals surface area contributed by atoms with E-state index < -0.39 is 0 Å². The van der Waals surface area contributed by atoms with Crippen LogP contribution in [0.5, 0.6) is 0 Å². The Kier molecular flexibility index (Phi) is 4.53. The highest BCUT2D eigenvalue weighted by molar-refractivity contribution is 7.13. The summed E-state index contributed by atoms with van der Waals surface area (Å²) in [6.07, 6.45) is 0.537. The van der Waals surface area contributed by atoms with E-state index in [0.29, 0.717) is 24.7 Å². The maximum absolute atomic E-state index is 12.4. The number of hydrogen-bond acceptors (Lipinski definition) is 5. The van der Waals surface area contributed by atoms with Crippen LogP contribution in [0.2, 0.25) is 0 Å². The summed E-state index contributed by atoms with van der Waals surface area (Å²) in [5.74, 6) is 1.06. The molecule has 0 radical (unpaired) electrons. The Morgan fingerprint density at radius 1 is 1.22 bits per heavy atom. The average molecular weight is 380 g/mol. The van der Waals surface area contributed by atoms with Crippen LogP contribution in [0.15, 0.2) is 40.9 Å². The maximum atomic E-state index is 12.4. The van der Waals surface area contributed by atoms with E-state index in [4.69, 9.17) is 4.52 Å². The number of rotatable bonds is 5. The molecular weight excluding hydrogens is 360 g/mol. The summed E-state index contributed by atoms with van der Waals surface area (Å²) in [6, 6.07) is 12.0. The Bertz CT molecular complexity index is 1110. The number of nitrogens with zero attached hydrogens (tertiary/aromatic N) is 3. The van der Waals surface area contributed by atoms with Crippen molar-refractivity contribution in [3.05, 3.63) is 57.5 Å². The number of carbonyl (C=O) groups is 1. The van der Waals surface area contributed by atoms with Crippen molar-refractivity contribution >= 4 is 28.1 Å². The minimum absolute atomic E-state index is 0.0165. The van der Waals surface area contributed by atoms with Gasteiger partial charge in [-0.1, -0.05) is 16.8 Å². The molecule has 4 aromatic rings. The van der Waals surface area contributed by atoms with E-state index in [1.165, 1.54) is 16.9 Å². The number of benzene rings is 1. The highest BCUT2D eigenvalue weighted by Gasteiger charge is 2.16. The predicted octanol–water partition coefficient (Wildman–Crippen LogP) is 4.21. The molecule has 1 aromatic carbocycles. The Morgan fingerprint density at radius 2 is 2.07 bits per heavy atom. The zero-order valence-electron chi connectivity index (χ0n) is 15.4. The normalized spacial score (nSPS) is 11.2. The quantitative estimate of drug-likeness (QED) is 0.563. The van der Waals surface area contributed by atoms with Gasteiger partial charge in [-0.3, -0.25) is 4.79 Å². The van der Waals surface area contributed by atoms with Crippen LogP contribution in [-0.4, -0.2) is 39.5 Å². The summed E-state index contributed by atoms with van der Waals surface area (Å²) in [7, 11) is 1.79. The molecule has 4 rings (SSSR count). The summed E-state index contributed by atoms with van der Waals surface area (Å²) in [5, 5.41) is 5.16. The van der Waals surface area contributed by atoms with Crippen molar-refractivity contribution in [3.8, 4) is 11.6 Å². The van der Waals surface area contributed by atoms with Crippen LogP contribution in [0.4, 0.5) is 0 Å². The van der Waals surface area contributed by atoms with Crippen LogP contribution < -0.4 is 0 Å². The highest BCUT2D eigenvalue weighted by atomic mass is 32.1. The molecule has 1 amide bonds. The highest BCUT2D eigenvalue weighted by Crippen LogP contribution is 2.24. The lowest BCUT2D eigenvalue weighted by Crippen LogP contribution is -2.28. The van der Waals surface area contributed by atoms with E-state index >= 15 is 0 Å². The van der Waals surface area contributed by atoms with Gasteiger partial charge in [-0.05, 0) is 44.2 Å². The molecule has 0 saturated heterocycles. The second-order valence-electron chi connectivity index (χ2n) is 6.68. The van der Waals surface area contributed by atoms with Crippen LogP contribution in [0.3, 0.4) is 0 Å². The smallest absolute Gasteiger partial charge is 0.274 e. The minimum atomic E-state index is 0.0165. The minimum Gasteiger partial charge on any atom is -0.351 e. The molecule has 0 aliphatic carbocycles. The molecule has 27 heavy (non-hydrogen) atoms. The Labute approximate surface area is 160 Å². The zero-order chi connectivity index (χ0) is 19.0. The van der Waals surface area contributed by atoms with Crippen LogP contribution in [-0.2, 0) is 6.42 Å². The number of amides is 1. The molecule has 0 spiro atoms. The lowest BCUT2D eigenvalue weighted by molar-refractivity contribution is 0.0800. The monoisotopic (exact) mass is 380 g/mol. The lowest BCUT2D eigenvalue weighted by atomic mass is 10.2. The molecule has 3 aromatic heterocycles. The molecule has 3 heterocycles. The van der Waals surface area contributed by atoms with Crippen molar-refractivity contribution in [1.82, 2.24) is 20.0 Å². The van der Waals surface area contributed by atoms with Crippen molar-refractivity contribution in [2.24, 2.45) is 0 Å². The number of hydrogen-bond donors (Lipinski definition) is 1. The van der Waals surface area contributed by atoms with E-state index in [-0.39, 0.29) is 5.91 Å². The summed E-state index contributed by atoms with van der Waals surface area (Å²) in [6.45, 7) is 4.58. The fraction of sp³-hybridized carbons (Fsp3) is 0.250. The lowest BCUT2D eigenvalue weighted by Gasteiger charge is -2.14. The molecule has 0 fully saturated rings. The number of H-pyrrole nitrogens is 1. The van der Waals surface area contributed by atoms with Gasteiger partial charge in [0.05, 0.1) is 4.88 Å². The van der Waals surface area contributed by atoms with Gasteiger partial charge in [0.2, 0.25) is 0 Å². The van der Waals surface area contributed by atoms with E-state index in [9.17, 15) is 4.79 Å². The molecule has 138 valence electrons. The Hall–Kier alpha value is -2.93. The van der Waals surface area contributed by atoms with Gasteiger partial charge in [-0.2, -0.15) is 4.98 Å². The molecule has 6 nitrogen and oxygen atoms in total. The second-order valence-corrected chi connectivity index (χ2v) is 7.96. The molecular formula is C20H20N4O2S. The van der Waals surface area contributed by atoms with Gasteiger partial charge in [0.25, 0.3) is 11.8 Å². The Morgan fingerprint density at radius 3 is 2.85 bits per heavy atom. The summed E-state index contributed by atoms with van der Waals surface area (Å²) in [5.41, 5.74) is 3.03. The maximum Gasteiger partial charge on any atom is 0.274 e. The van der Waals surface area contributed by atoms with Gasteiger partial charge in [-0.25, -0.2) is 0 Å². The standard InChI is InChI=1S/C20H20N4O2S/c1-12-4-6-15-14(10-12)11-16(21-15)19-22-18(23-26-19)8-9-24(3)20(25)17-7-5-13(2)27-17/h4-7,10-11,21H,8-9H2,1-3H3. The van der Waals surface area contributed by atoms with E-state index in [2.05, 4.69) is 34.2 Å². The van der Waals surface area contributed by atoms with Gasteiger partial charge in [-0.15, -0.1) is 11.3 Å². The first kappa shape index (κ1) is 17.5. The molecule has 0 bridgehead atoms. The van der Waals surface area contributed by atoms with Gasteiger partial charge >= 0.3 is 0 Å². The van der Waals surface area contributed by atoms with Crippen molar-refractivity contribution in [3.63, 3.8) is 0 Å². The number of likely N-dealkylation sites (N-methyl/N-ethyl adjacent to an activating group) is 1. The average Bonchev–Trinajstić information content (AvgIpc) is 3.37. The number of fused-ring (bicyclic) bond motifs is 1. The van der Waals surface area contributed by atoms with Gasteiger partial charge in [0.15, 0.2) is 5.82 Å². The third-order valence-electron chi connectivity index (χ3n) is 4.44. The Balaban J connectivity index is 1.43. The summed E-state index contributed by atoms with van der Waals surface area (Å²) < 4.78 is 5.40. The molecule has 7 heteroatoms. The third kappa shape index (κ3) is 3.64. The summed E-state index contributed by atoms with van der Waals surface area (Å²) in [4.78, 5) is 23.7. The number of carbonyl (C=O) groups excluding carboxylic acids is 1. The second kappa shape index (κ2) is 7.00. The number of aryl methyl sites for hydroxylation is 2. The topological polar surface area (TPSA) is 75.0 Å². The van der Waals surface area contributed by atoms with Gasteiger partial charge in [0, 0.05) is 35.8 Å². The first-order valence-electron chi connectivity index (χ1n) is 8.74. The third-order valence-corrected chi connectivity index (χ3v) is 5.43. The number of aromatic amines is 1. The first-order valence-corrected chi connectivity index (χ1v) is 9.55. The van der Waals surface area contributed by atoms with Crippen molar-refractivity contribution in [2.75, 3.05) is 13.6 Å². The van der Waals surface area contributed by atoms with E-state index in [1.54, 1.807) is 11.9 Å². The molecule has 0 aliphatic heterocycles. The van der Waals surface area contributed by atoms with Crippen LogP contribution in [0, 0.1) is 13.8 Å². The molecule has 0 saturated carbocycles. The van der Waals surface area contributed by atoms with Crippen molar-refractivity contribution in [1.29, 1.82) is 0 Å². The molecule has 1 N–H and O–H groups in total. The van der Waals surface area contributed by atoms with Crippen LogP contribution in [0.25, 0.3) is 22.5 Å². The van der Waals surface area contributed by atoms with Gasteiger partial charge in [0.1, 0.15) is 5.69 Å². The summed E-state index contributed by atoms with van der Waals surface area (Å²) >= 11 is 1.51. The molecule has 0 aliphatic rings. The first-order chi connectivity index (χ1) is 13.0. The number of aromatic nitrogens is 3. The van der Waals surface area contributed by atoms with Crippen LogP contribution in [0.1, 0.15) is 25.9 Å². The fourth-order valence-corrected chi connectivity index (χ4v) is 3.80. The molecule has 0 atom stereocenters. The van der Waals surface area contributed by atoms with Gasteiger partial charge < -0.3 is 14.4 Å².